The Labute approximate surface area is 201 Å². The van der Waals surface area contributed by atoms with E-state index in [0.29, 0.717) is 30.1 Å². The van der Waals surface area contributed by atoms with E-state index >= 15 is 0 Å². The van der Waals surface area contributed by atoms with E-state index in [2.05, 4.69) is 44.0 Å². The smallest absolute Gasteiger partial charge is 0.145 e. The second-order valence-corrected chi connectivity index (χ2v) is 8.53. The summed E-state index contributed by atoms with van der Waals surface area (Å²) in [6.07, 6.45) is 6.62. The molecule has 0 saturated carbocycles. The van der Waals surface area contributed by atoms with Crippen molar-refractivity contribution in [3.8, 4) is 35.2 Å². The van der Waals surface area contributed by atoms with Gasteiger partial charge in [-0.1, -0.05) is 62.2 Å². The number of hydrogen-bond donors (Lipinski definition) is 1. The molecule has 1 aromatic heterocycles. The van der Waals surface area contributed by atoms with Crippen molar-refractivity contribution in [2.24, 2.45) is 0 Å². The molecule has 0 aliphatic heterocycles. The van der Waals surface area contributed by atoms with Gasteiger partial charge in [-0.2, -0.15) is 0 Å². The van der Waals surface area contributed by atoms with Crippen LogP contribution in [0.3, 0.4) is 0 Å². The SMILES string of the molecule is C#Cc1c(Cc2ccccc2OC)cc(OC)c2c1nc(-c1ccc(C(C)C)cc1)n2CCO. The number of aliphatic hydroxyl groups excluding tert-OH is 1. The first-order valence-electron chi connectivity index (χ1n) is 11.4. The molecule has 5 nitrogen and oxygen atoms in total. The fraction of sp³-hybridized carbons (Fsp3) is 0.276. The van der Waals surface area contributed by atoms with E-state index in [9.17, 15) is 5.11 Å². The van der Waals surface area contributed by atoms with E-state index in [4.69, 9.17) is 20.9 Å². The number of methoxy groups -OCH3 is 2. The Hall–Kier alpha value is -3.75. The van der Waals surface area contributed by atoms with Crippen molar-refractivity contribution in [2.45, 2.75) is 32.7 Å². The Morgan fingerprint density at radius 3 is 2.32 bits per heavy atom. The van der Waals surface area contributed by atoms with Crippen LogP contribution < -0.4 is 9.47 Å². The van der Waals surface area contributed by atoms with Crippen molar-refractivity contribution < 1.29 is 14.6 Å². The molecule has 0 radical (unpaired) electrons. The summed E-state index contributed by atoms with van der Waals surface area (Å²) in [6, 6.07) is 18.3. The van der Waals surface area contributed by atoms with Gasteiger partial charge >= 0.3 is 0 Å². The zero-order valence-corrected chi connectivity index (χ0v) is 20.1. The van der Waals surface area contributed by atoms with Crippen LogP contribution in [0.15, 0.2) is 54.6 Å². The van der Waals surface area contributed by atoms with Crippen molar-refractivity contribution in [2.75, 3.05) is 20.8 Å². The first kappa shape index (κ1) is 23.4. The number of fused-ring (bicyclic) bond motifs is 1. The highest BCUT2D eigenvalue weighted by Crippen LogP contribution is 2.37. The van der Waals surface area contributed by atoms with Gasteiger partial charge in [-0.25, -0.2) is 4.98 Å². The first-order valence-corrected chi connectivity index (χ1v) is 11.4. The molecular weight excluding hydrogens is 424 g/mol. The average Bonchev–Trinajstić information content (AvgIpc) is 3.23. The summed E-state index contributed by atoms with van der Waals surface area (Å²) in [5.74, 6) is 5.54. The van der Waals surface area contributed by atoms with E-state index in [-0.39, 0.29) is 6.61 Å². The molecule has 4 aromatic rings. The summed E-state index contributed by atoms with van der Waals surface area (Å²) < 4.78 is 13.3. The number of para-hydroxylation sites is 1. The third-order valence-electron chi connectivity index (χ3n) is 6.16. The Bertz CT molecular complexity index is 1340. The van der Waals surface area contributed by atoms with E-state index in [1.165, 1.54) is 5.56 Å². The number of benzene rings is 3. The van der Waals surface area contributed by atoms with Gasteiger partial charge in [0.2, 0.25) is 0 Å². The van der Waals surface area contributed by atoms with Crippen LogP contribution in [0.1, 0.15) is 42.0 Å². The summed E-state index contributed by atoms with van der Waals surface area (Å²) in [5, 5.41) is 9.84. The van der Waals surface area contributed by atoms with Gasteiger partial charge in [0.1, 0.15) is 28.4 Å². The van der Waals surface area contributed by atoms with Gasteiger partial charge in [0, 0.05) is 18.5 Å². The molecule has 0 aliphatic rings. The monoisotopic (exact) mass is 454 g/mol. The molecule has 5 heteroatoms. The standard InChI is InChI=1S/C29H30N2O3/c1-6-24-23(17-22-9-7-8-10-25(22)33-4)18-26(34-5)28-27(24)30-29(31(28)15-16-32)21-13-11-20(12-14-21)19(2)3/h1,7-14,18-19,32H,15-17H2,2-5H3. The summed E-state index contributed by atoms with van der Waals surface area (Å²) in [7, 11) is 3.31. The molecular formula is C29H30N2O3. The minimum Gasteiger partial charge on any atom is -0.496 e. The summed E-state index contributed by atoms with van der Waals surface area (Å²) >= 11 is 0. The van der Waals surface area contributed by atoms with E-state index in [1.807, 2.05) is 34.9 Å². The highest BCUT2D eigenvalue weighted by molar-refractivity contribution is 5.92. The normalized spacial score (nSPS) is 11.1. The fourth-order valence-electron chi connectivity index (χ4n) is 4.39. The third-order valence-corrected chi connectivity index (χ3v) is 6.16. The predicted octanol–water partition coefficient (Wildman–Crippen LogP) is 5.41. The average molecular weight is 455 g/mol. The molecule has 0 unspecified atom stereocenters. The molecule has 174 valence electrons. The van der Waals surface area contributed by atoms with Crippen LogP contribution in [0.5, 0.6) is 11.5 Å². The molecule has 0 fully saturated rings. The van der Waals surface area contributed by atoms with Crippen LogP contribution >= 0.6 is 0 Å². The van der Waals surface area contributed by atoms with E-state index in [0.717, 1.165) is 39.3 Å². The van der Waals surface area contributed by atoms with Gasteiger partial charge in [0.15, 0.2) is 0 Å². The van der Waals surface area contributed by atoms with Gasteiger partial charge in [-0.3, -0.25) is 0 Å². The molecule has 1 heterocycles. The number of ether oxygens (including phenoxy) is 2. The first-order chi connectivity index (χ1) is 16.5. The summed E-state index contributed by atoms with van der Waals surface area (Å²) in [5.41, 5.74) is 6.40. The van der Waals surface area contributed by atoms with Gasteiger partial charge in [0.05, 0.1) is 26.4 Å². The molecule has 34 heavy (non-hydrogen) atoms. The van der Waals surface area contributed by atoms with E-state index < -0.39 is 0 Å². The maximum absolute atomic E-state index is 9.84. The lowest BCUT2D eigenvalue weighted by molar-refractivity contribution is 0.278. The Morgan fingerprint density at radius 1 is 1.00 bits per heavy atom. The lowest BCUT2D eigenvalue weighted by Crippen LogP contribution is -2.06. The minimum absolute atomic E-state index is 0.0277. The highest BCUT2D eigenvalue weighted by Gasteiger charge is 2.22. The molecule has 3 aromatic carbocycles. The molecule has 1 N–H and O–H groups in total. The number of nitrogens with zero attached hydrogens (tertiary/aromatic N) is 2. The number of hydrogen-bond acceptors (Lipinski definition) is 4. The van der Waals surface area contributed by atoms with Gasteiger partial charge in [-0.05, 0) is 34.7 Å². The van der Waals surface area contributed by atoms with Crippen molar-refractivity contribution in [3.63, 3.8) is 0 Å². The van der Waals surface area contributed by atoms with Crippen LogP contribution in [-0.4, -0.2) is 35.5 Å². The van der Waals surface area contributed by atoms with Crippen LogP contribution in [0.2, 0.25) is 0 Å². The highest BCUT2D eigenvalue weighted by atomic mass is 16.5. The van der Waals surface area contributed by atoms with Gasteiger partial charge in [-0.15, -0.1) is 6.42 Å². The van der Waals surface area contributed by atoms with Crippen LogP contribution in [0.4, 0.5) is 0 Å². The number of aromatic nitrogens is 2. The van der Waals surface area contributed by atoms with Crippen LogP contribution in [0, 0.1) is 12.3 Å². The minimum atomic E-state index is -0.0277. The summed E-state index contributed by atoms with van der Waals surface area (Å²) in [6.45, 7) is 4.69. The molecule has 0 spiro atoms. The second kappa shape index (κ2) is 10.0. The lowest BCUT2D eigenvalue weighted by atomic mass is 9.97. The Kier molecular flexibility index (Phi) is 6.90. The quantitative estimate of drug-likeness (QED) is 0.362. The van der Waals surface area contributed by atoms with Crippen molar-refractivity contribution >= 4 is 11.0 Å². The number of imidazole rings is 1. The summed E-state index contributed by atoms with van der Waals surface area (Å²) in [4.78, 5) is 5.00. The number of rotatable bonds is 8. The molecule has 0 saturated heterocycles. The van der Waals surface area contributed by atoms with Crippen molar-refractivity contribution in [1.29, 1.82) is 0 Å². The largest absolute Gasteiger partial charge is 0.496 e. The fourth-order valence-corrected chi connectivity index (χ4v) is 4.39. The number of aliphatic hydroxyl groups is 1. The van der Waals surface area contributed by atoms with Gasteiger partial charge < -0.3 is 19.1 Å². The third kappa shape index (κ3) is 4.25. The zero-order valence-electron chi connectivity index (χ0n) is 20.1. The topological polar surface area (TPSA) is 56.5 Å². The van der Waals surface area contributed by atoms with Crippen LogP contribution in [-0.2, 0) is 13.0 Å². The maximum Gasteiger partial charge on any atom is 0.145 e. The van der Waals surface area contributed by atoms with Crippen molar-refractivity contribution in [1.82, 2.24) is 9.55 Å². The molecule has 0 aliphatic carbocycles. The predicted molar refractivity (Wildman–Crippen MR) is 137 cm³/mol. The molecule has 0 amide bonds. The van der Waals surface area contributed by atoms with Crippen molar-refractivity contribution in [3.05, 3.63) is 76.9 Å². The van der Waals surface area contributed by atoms with Crippen LogP contribution in [0.25, 0.3) is 22.4 Å². The Morgan fingerprint density at radius 2 is 1.71 bits per heavy atom. The zero-order chi connectivity index (χ0) is 24.2. The second-order valence-electron chi connectivity index (χ2n) is 8.53. The molecule has 4 rings (SSSR count). The maximum atomic E-state index is 9.84. The van der Waals surface area contributed by atoms with E-state index in [1.54, 1.807) is 14.2 Å². The Balaban J connectivity index is 1.94. The molecule has 0 bridgehead atoms. The molecule has 0 atom stereocenters. The lowest BCUT2D eigenvalue weighted by Gasteiger charge is -2.14. The van der Waals surface area contributed by atoms with Gasteiger partial charge in [0.25, 0.3) is 0 Å². The number of terminal acetylenes is 1.